The normalized spacial score (nSPS) is 12.6. The summed E-state index contributed by atoms with van der Waals surface area (Å²) in [6.07, 6.45) is 2.54. The molecule has 14 heavy (non-hydrogen) atoms. The van der Waals surface area contributed by atoms with Gasteiger partial charge in [-0.25, -0.2) is 4.79 Å². The van der Waals surface area contributed by atoms with Crippen LogP contribution in [0.3, 0.4) is 0 Å². The summed E-state index contributed by atoms with van der Waals surface area (Å²) in [7, 11) is 1.50. The average molecular weight is 200 g/mol. The second-order valence-electron chi connectivity index (χ2n) is 3.83. The number of allylic oxidation sites excluding steroid dienone is 1. The maximum Gasteiger partial charge on any atom is 0.334 e. The monoisotopic (exact) mass is 200 g/mol. The molecule has 0 spiro atoms. The molecular formula is C11H20O3. The molecule has 0 heterocycles. The predicted molar refractivity (Wildman–Crippen MR) is 56.0 cm³/mol. The van der Waals surface area contributed by atoms with Gasteiger partial charge in [-0.2, -0.15) is 0 Å². The Balaban J connectivity index is 4.20. The van der Waals surface area contributed by atoms with E-state index in [1.165, 1.54) is 7.11 Å². The second kappa shape index (κ2) is 6.46. The summed E-state index contributed by atoms with van der Waals surface area (Å²) in [4.78, 5) is 10.8. The third-order valence-electron chi connectivity index (χ3n) is 2.20. The zero-order chi connectivity index (χ0) is 11.1. The molecule has 0 saturated carbocycles. The van der Waals surface area contributed by atoms with Crippen molar-refractivity contribution in [1.29, 1.82) is 0 Å². The number of hydrogen-bond acceptors (Lipinski definition) is 2. The third kappa shape index (κ3) is 4.90. The molecule has 0 unspecified atom stereocenters. The summed E-state index contributed by atoms with van der Waals surface area (Å²) in [5.41, 5.74) is 0.396. The van der Waals surface area contributed by atoms with E-state index in [1.807, 2.05) is 0 Å². The van der Waals surface area contributed by atoms with Crippen molar-refractivity contribution in [2.75, 3.05) is 7.11 Å². The SMILES string of the molecule is COC(C)=C(CCCC(C)C)C(=O)O. The fourth-order valence-corrected chi connectivity index (χ4v) is 1.24. The van der Waals surface area contributed by atoms with Gasteiger partial charge in [0.05, 0.1) is 12.7 Å². The van der Waals surface area contributed by atoms with Crippen LogP contribution in [0.25, 0.3) is 0 Å². The summed E-state index contributed by atoms with van der Waals surface area (Å²) >= 11 is 0. The Bertz CT molecular complexity index is 217. The Hall–Kier alpha value is -0.990. The zero-order valence-corrected chi connectivity index (χ0v) is 9.46. The van der Waals surface area contributed by atoms with Gasteiger partial charge in [-0.05, 0) is 25.7 Å². The summed E-state index contributed by atoms with van der Waals surface area (Å²) < 4.78 is 4.93. The minimum Gasteiger partial charge on any atom is -0.501 e. The van der Waals surface area contributed by atoms with Gasteiger partial charge in [0.25, 0.3) is 0 Å². The van der Waals surface area contributed by atoms with E-state index in [4.69, 9.17) is 9.84 Å². The Morgan fingerprint density at radius 1 is 1.43 bits per heavy atom. The minimum absolute atomic E-state index is 0.396. The molecule has 0 saturated heterocycles. The lowest BCUT2D eigenvalue weighted by Gasteiger charge is -2.08. The highest BCUT2D eigenvalue weighted by Crippen LogP contribution is 2.16. The van der Waals surface area contributed by atoms with Crippen LogP contribution in [0, 0.1) is 5.92 Å². The fourth-order valence-electron chi connectivity index (χ4n) is 1.24. The highest BCUT2D eigenvalue weighted by Gasteiger charge is 2.11. The van der Waals surface area contributed by atoms with E-state index in [9.17, 15) is 4.79 Å². The van der Waals surface area contributed by atoms with Gasteiger partial charge < -0.3 is 9.84 Å². The molecule has 3 nitrogen and oxygen atoms in total. The van der Waals surface area contributed by atoms with Gasteiger partial charge in [0.1, 0.15) is 5.76 Å². The van der Waals surface area contributed by atoms with Gasteiger partial charge in [-0.1, -0.05) is 20.3 Å². The molecule has 0 aliphatic rings. The molecular weight excluding hydrogens is 180 g/mol. The Morgan fingerprint density at radius 2 is 2.00 bits per heavy atom. The molecule has 82 valence electrons. The van der Waals surface area contributed by atoms with Crippen molar-refractivity contribution in [2.45, 2.75) is 40.0 Å². The largest absolute Gasteiger partial charge is 0.501 e. The summed E-state index contributed by atoms with van der Waals surface area (Å²) in [5, 5.41) is 8.90. The second-order valence-corrected chi connectivity index (χ2v) is 3.83. The quantitative estimate of drug-likeness (QED) is 0.529. The summed E-state index contributed by atoms with van der Waals surface area (Å²) in [6, 6.07) is 0. The molecule has 3 heteroatoms. The standard InChI is InChI=1S/C11H20O3/c1-8(2)6-5-7-10(11(12)13)9(3)14-4/h8H,5-7H2,1-4H3,(H,12,13). The number of hydrogen-bond donors (Lipinski definition) is 1. The van der Waals surface area contributed by atoms with E-state index >= 15 is 0 Å². The molecule has 0 atom stereocenters. The number of rotatable bonds is 6. The van der Waals surface area contributed by atoms with Crippen LogP contribution in [-0.2, 0) is 9.53 Å². The van der Waals surface area contributed by atoms with Crippen molar-refractivity contribution in [3.8, 4) is 0 Å². The number of methoxy groups -OCH3 is 1. The van der Waals surface area contributed by atoms with Crippen LogP contribution < -0.4 is 0 Å². The maximum absolute atomic E-state index is 10.8. The Labute approximate surface area is 85.8 Å². The van der Waals surface area contributed by atoms with Gasteiger partial charge in [0.15, 0.2) is 0 Å². The summed E-state index contributed by atoms with van der Waals surface area (Å²) in [5.74, 6) is 0.266. The first-order chi connectivity index (χ1) is 6.49. The smallest absolute Gasteiger partial charge is 0.334 e. The molecule has 0 aliphatic carbocycles. The molecule has 0 amide bonds. The number of carboxylic acid groups (broad SMARTS) is 1. The molecule has 0 rings (SSSR count). The highest BCUT2D eigenvalue weighted by molar-refractivity contribution is 5.86. The average Bonchev–Trinajstić information content (AvgIpc) is 2.10. The topological polar surface area (TPSA) is 46.5 Å². The molecule has 1 N–H and O–H groups in total. The molecule has 0 aromatic heterocycles. The lowest BCUT2D eigenvalue weighted by atomic mass is 10.0. The van der Waals surface area contributed by atoms with Gasteiger partial charge in [-0.15, -0.1) is 0 Å². The number of carboxylic acids is 1. The van der Waals surface area contributed by atoms with Crippen molar-refractivity contribution >= 4 is 5.97 Å². The van der Waals surface area contributed by atoms with E-state index in [0.29, 0.717) is 23.7 Å². The molecule has 0 aromatic rings. The van der Waals surface area contributed by atoms with Crippen LogP contribution in [0.15, 0.2) is 11.3 Å². The Morgan fingerprint density at radius 3 is 2.36 bits per heavy atom. The summed E-state index contributed by atoms with van der Waals surface area (Å²) in [6.45, 7) is 5.96. The minimum atomic E-state index is -0.867. The number of carbonyl (C=O) groups is 1. The van der Waals surface area contributed by atoms with Crippen molar-refractivity contribution in [3.63, 3.8) is 0 Å². The van der Waals surface area contributed by atoms with Crippen molar-refractivity contribution < 1.29 is 14.6 Å². The van der Waals surface area contributed by atoms with Gasteiger partial charge in [0, 0.05) is 0 Å². The first kappa shape index (κ1) is 13.0. The lowest BCUT2D eigenvalue weighted by Crippen LogP contribution is -2.05. The van der Waals surface area contributed by atoms with Crippen LogP contribution >= 0.6 is 0 Å². The van der Waals surface area contributed by atoms with E-state index in [2.05, 4.69) is 13.8 Å². The van der Waals surface area contributed by atoms with Crippen LogP contribution in [-0.4, -0.2) is 18.2 Å². The number of aliphatic carboxylic acids is 1. The fraction of sp³-hybridized carbons (Fsp3) is 0.727. The Kier molecular flexibility index (Phi) is 6.00. The third-order valence-corrected chi connectivity index (χ3v) is 2.20. The van der Waals surface area contributed by atoms with E-state index < -0.39 is 5.97 Å². The number of ether oxygens (including phenoxy) is 1. The lowest BCUT2D eigenvalue weighted by molar-refractivity contribution is -0.133. The van der Waals surface area contributed by atoms with Crippen LogP contribution in [0.5, 0.6) is 0 Å². The van der Waals surface area contributed by atoms with Crippen molar-refractivity contribution in [2.24, 2.45) is 5.92 Å². The van der Waals surface area contributed by atoms with Gasteiger partial charge in [-0.3, -0.25) is 0 Å². The van der Waals surface area contributed by atoms with E-state index in [1.54, 1.807) is 6.92 Å². The van der Waals surface area contributed by atoms with Crippen molar-refractivity contribution in [3.05, 3.63) is 11.3 Å². The van der Waals surface area contributed by atoms with Crippen LogP contribution in [0.4, 0.5) is 0 Å². The molecule has 0 aromatic carbocycles. The van der Waals surface area contributed by atoms with Gasteiger partial charge >= 0.3 is 5.97 Å². The first-order valence-electron chi connectivity index (χ1n) is 4.96. The van der Waals surface area contributed by atoms with Crippen molar-refractivity contribution in [1.82, 2.24) is 0 Å². The molecule has 0 aliphatic heterocycles. The first-order valence-corrected chi connectivity index (χ1v) is 4.96. The van der Waals surface area contributed by atoms with Gasteiger partial charge in [0.2, 0.25) is 0 Å². The van der Waals surface area contributed by atoms with E-state index in [-0.39, 0.29) is 0 Å². The zero-order valence-electron chi connectivity index (χ0n) is 9.46. The highest BCUT2D eigenvalue weighted by atomic mass is 16.5. The van der Waals surface area contributed by atoms with Crippen LogP contribution in [0.1, 0.15) is 40.0 Å². The van der Waals surface area contributed by atoms with E-state index in [0.717, 1.165) is 12.8 Å². The molecule has 0 bridgehead atoms. The maximum atomic E-state index is 10.8. The molecule has 0 radical (unpaired) electrons. The molecule has 0 fully saturated rings. The predicted octanol–water partition coefficient (Wildman–Crippen LogP) is 2.82. The van der Waals surface area contributed by atoms with Crippen LogP contribution in [0.2, 0.25) is 0 Å².